The van der Waals surface area contributed by atoms with Gasteiger partial charge >= 0.3 is 0 Å². The molecule has 0 aromatic rings. The second-order valence-corrected chi connectivity index (χ2v) is 4.08. The van der Waals surface area contributed by atoms with Crippen LogP contribution in [-0.4, -0.2) is 19.8 Å². The molecule has 0 aliphatic heterocycles. The molecule has 0 aromatic carbocycles. The molecule has 0 unspecified atom stereocenters. The van der Waals surface area contributed by atoms with E-state index in [4.69, 9.17) is 10.5 Å². The highest BCUT2D eigenvalue weighted by molar-refractivity contribution is 4.68. The van der Waals surface area contributed by atoms with E-state index in [1.807, 2.05) is 0 Å². The molecule has 0 spiro atoms. The fourth-order valence-electron chi connectivity index (χ4n) is 0.799. The average molecular weight is 173 g/mol. The maximum absolute atomic E-state index is 5.59. The Kier molecular flexibility index (Phi) is 6.39. The van der Waals surface area contributed by atoms with E-state index in [9.17, 15) is 0 Å². The third kappa shape index (κ3) is 6.62. The second-order valence-electron chi connectivity index (χ2n) is 4.08. The number of nitrogens with two attached hydrogens (primary N) is 1. The van der Waals surface area contributed by atoms with E-state index in [-0.39, 0.29) is 5.41 Å². The number of unbranched alkanes of at least 4 members (excludes halogenated alkanes) is 1. The van der Waals surface area contributed by atoms with Crippen molar-refractivity contribution in [1.82, 2.24) is 0 Å². The second kappa shape index (κ2) is 6.44. The van der Waals surface area contributed by atoms with Crippen molar-refractivity contribution < 1.29 is 4.74 Å². The number of hydrogen-bond donors (Lipinski definition) is 1. The average Bonchev–Trinajstić information content (AvgIpc) is 2.04. The van der Waals surface area contributed by atoms with E-state index in [0.29, 0.717) is 0 Å². The van der Waals surface area contributed by atoms with Gasteiger partial charge in [-0.25, -0.2) is 0 Å². The van der Waals surface area contributed by atoms with Crippen LogP contribution in [0, 0.1) is 5.41 Å². The van der Waals surface area contributed by atoms with E-state index in [1.165, 1.54) is 12.8 Å². The normalized spacial score (nSPS) is 12.0. The Morgan fingerprint density at radius 2 is 1.92 bits per heavy atom. The number of rotatable bonds is 7. The first-order valence-electron chi connectivity index (χ1n) is 4.90. The first-order valence-corrected chi connectivity index (χ1v) is 4.90. The molecule has 0 radical (unpaired) electrons. The summed E-state index contributed by atoms with van der Waals surface area (Å²) in [6.07, 6.45) is 3.44. The molecule has 0 saturated heterocycles. The van der Waals surface area contributed by atoms with E-state index < -0.39 is 0 Å². The fourth-order valence-corrected chi connectivity index (χ4v) is 0.799. The quantitative estimate of drug-likeness (QED) is 0.599. The van der Waals surface area contributed by atoms with Gasteiger partial charge in [0, 0.05) is 13.2 Å². The molecular formula is C10H23NO. The van der Waals surface area contributed by atoms with Gasteiger partial charge in [0.1, 0.15) is 0 Å². The molecule has 0 aromatic heterocycles. The van der Waals surface area contributed by atoms with Gasteiger partial charge in [0.25, 0.3) is 0 Å². The smallest absolute Gasteiger partial charge is 0.0471 e. The van der Waals surface area contributed by atoms with Crippen molar-refractivity contribution in [2.75, 3.05) is 19.8 Å². The summed E-state index contributed by atoms with van der Waals surface area (Å²) in [5.41, 5.74) is 5.83. The largest absolute Gasteiger partial charge is 0.381 e. The molecule has 74 valence electrons. The maximum atomic E-state index is 5.59. The van der Waals surface area contributed by atoms with Crippen molar-refractivity contribution in [2.24, 2.45) is 11.1 Å². The molecule has 2 heteroatoms. The van der Waals surface area contributed by atoms with Crippen LogP contribution < -0.4 is 5.73 Å². The molecule has 0 fully saturated rings. The van der Waals surface area contributed by atoms with Crippen molar-refractivity contribution >= 4 is 0 Å². The van der Waals surface area contributed by atoms with Crippen molar-refractivity contribution in [2.45, 2.75) is 40.0 Å². The van der Waals surface area contributed by atoms with Crippen LogP contribution in [0.25, 0.3) is 0 Å². The van der Waals surface area contributed by atoms with Crippen molar-refractivity contribution in [1.29, 1.82) is 0 Å². The minimum absolute atomic E-state index is 0.242. The van der Waals surface area contributed by atoms with Crippen LogP contribution in [0.1, 0.15) is 40.0 Å². The molecule has 2 nitrogen and oxygen atoms in total. The summed E-state index contributed by atoms with van der Waals surface area (Å²) < 4.78 is 5.46. The predicted octanol–water partition coefficient (Wildman–Crippen LogP) is 2.18. The van der Waals surface area contributed by atoms with Crippen molar-refractivity contribution in [3.05, 3.63) is 0 Å². The third-order valence-corrected chi connectivity index (χ3v) is 2.12. The lowest BCUT2D eigenvalue weighted by Gasteiger charge is -2.21. The molecule has 0 amide bonds. The van der Waals surface area contributed by atoms with Gasteiger partial charge in [-0.2, -0.15) is 0 Å². The van der Waals surface area contributed by atoms with Gasteiger partial charge in [-0.15, -0.1) is 0 Å². The molecule has 0 aliphatic rings. The summed E-state index contributed by atoms with van der Waals surface area (Å²) in [6.45, 7) is 9.02. The van der Waals surface area contributed by atoms with Gasteiger partial charge < -0.3 is 10.5 Å². The predicted molar refractivity (Wildman–Crippen MR) is 53.2 cm³/mol. The SMILES string of the molecule is CCCCOCCC(C)(C)CN. The van der Waals surface area contributed by atoms with E-state index in [1.54, 1.807) is 0 Å². The Labute approximate surface area is 76.5 Å². The zero-order valence-electron chi connectivity index (χ0n) is 8.73. The molecule has 0 rings (SSSR count). The van der Waals surface area contributed by atoms with Crippen LogP contribution in [0.5, 0.6) is 0 Å². The molecule has 0 atom stereocenters. The summed E-state index contributed by atoms with van der Waals surface area (Å²) in [7, 11) is 0. The van der Waals surface area contributed by atoms with Crippen LogP contribution in [0.2, 0.25) is 0 Å². The minimum Gasteiger partial charge on any atom is -0.381 e. The Morgan fingerprint density at radius 1 is 1.25 bits per heavy atom. The van der Waals surface area contributed by atoms with Gasteiger partial charge in [0.2, 0.25) is 0 Å². The van der Waals surface area contributed by atoms with Gasteiger partial charge in [0.15, 0.2) is 0 Å². The molecule has 12 heavy (non-hydrogen) atoms. The minimum atomic E-state index is 0.242. The highest BCUT2D eigenvalue weighted by Gasteiger charge is 2.14. The van der Waals surface area contributed by atoms with Gasteiger partial charge in [0.05, 0.1) is 0 Å². The Balaban J connectivity index is 3.19. The van der Waals surface area contributed by atoms with Crippen LogP contribution >= 0.6 is 0 Å². The lowest BCUT2D eigenvalue weighted by molar-refractivity contribution is 0.103. The third-order valence-electron chi connectivity index (χ3n) is 2.12. The zero-order valence-corrected chi connectivity index (χ0v) is 8.73. The zero-order chi connectivity index (χ0) is 9.45. The summed E-state index contributed by atoms with van der Waals surface area (Å²) >= 11 is 0. The Hall–Kier alpha value is -0.0800. The first-order chi connectivity index (χ1) is 5.62. The molecule has 0 saturated carbocycles. The molecule has 0 aliphatic carbocycles. The van der Waals surface area contributed by atoms with Crippen LogP contribution in [0.3, 0.4) is 0 Å². The van der Waals surface area contributed by atoms with Crippen molar-refractivity contribution in [3.63, 3.8) is 0 Å². The van der Waals surface area contributed by atoms with E-state index >= 15 is 0 Å². The summed E-state index contributed by atoms with van der Waals surface area (Å²) in [5.74, 6) is 0. The van der Waals surface area contributed by atoms with E-state index in [2.05, 4.69) is 20.8 Å². The van der Waals surface area contributed by atoms with Gasteiger partial charge in [-0.1, -0.05) is 27.2 Å². The standard InChI is InChI=1S/C10H23NO/c1-4-5-7-12-8-6-10(2,3)9-11/h4-9,11H2,1-3H3. The molecule has 2 N–H and O–H groups in total. The first kappa shape index (κ1) is 11.9. The number of ether oxygens (including phenoxy) is 1. The van der Waals surface area contributed by atoms with Gasteiger partial charge in [-0.05, 0) is 24.8 Å². The van der Waals surface area contributed by atoms with Crippen LogP contribution in [-0.2, 0) is 4.74 Å². The molecule has 0 bridgehead atoms. The fraction of sp³-hybridized carbons (Fsp3) is 1.00. The van der Waals surface area contributed by atoms with Crippen molar-refractivity contribution in [3.8, 4) is 0 Å². The summed E-state index contributed by atoms with van der Waals surface area (Å²) in [5, 5.41) is 0. The number of hydrogen-bond acceptors (Lipinski definition) is 2. The summed E-state index contributed by atoms with van der Waals surface area (Å²) in [4.78, 5) is 0. The lowest BCUT2D eigenvalue weighted by atomic mass is 9.90. The maximum Gasteiger partial charge on any atom is 0.0471 e. The highest BCUT2D eigenvalue weighted by Crippen LogP contribution is 2.17. The van der Waals surface area contributed by atoms with Crippen LogP contribution in [0.4, 0.5) is 0 Å². The highest BCUT2D eigenvalue weighted by atomic mass is 16.5. The molecule has 0 heterocycles. The topological polar surface area (TPSA) is 35.2 Å². The Morgan fingerprint density at radius 3 is 2.42 bits per heavy atom. The van der Waals surface area contributed by atoms with E-state index in [0.717, 1.165) is 26.2 Å². The monoisotopic (exact) mass is 173 g/mol. The van der Waals surface area contributed by atoms with Crippen LogP contribution in [0.15, 0.2) is 0 Å². The lowest BCUT2D eigenvalue weighted by Crippen LogP contribution is -2.25. The summed E-state index contributed by atoms with van der Waals surface area (Å²) in [6, 6.07) is 0. The Bertz CT molecular complexity index is 102. The van der Waals surface area contributed by atoms with Gasteiger partial charge in [-0.3, -0.25) is 0 Å². The molecular weight excluding hydrogens is 150 g/mol.